The molecule has 1 aromatic carbocycles. The Labute approximate surface area is 102 Å². The number of nitrogens with two attached hydrogens (primary N) is 1. The van der Waals surface area contributed by atoms with Crippen LogP contribution in [0.3, 0.4) is 0 Å². The summed E-state index contributed by atoms with van der Waals surface area (Å²) in [6.45, 7) is 0. The summed E-state index contributed by atoms with van der Waals surface area (Å²) in [5.41, 5.74) is 7.73. The Hall–Kier alpha value is -0.470. The van der Waals surface area contributed by atoms with E-state index in [-0.39, 0.29) is 5.54 Å². The molecule has 2 N–H and O–H groups in total. The zero-order chi connectivity index (χ0) is 11.0. The van der Waals surface area contributed by atoms with Gasteiger partial charge in [-0.05, 0) is 56.2 Å². The van der Waals surface area contributed by atoms with Gasteiger partial charge in [0.15, 0.2) is 0 Å². The van der Waals surface area contributed by atoms with E-state index in [2.05, 4.69) is 24.3 Å². The van der Waals surface area contributed by atoms with Gasteiger partial charge in [0.05, 0.1) is 0 Å². The predicted molar refractivity (Wildman–Crippen MR) is 69.8 cm³/mol. The molecule has 86 valence electrons. The Morgan fingerprint density at radius 1 is 1.19 bits per heavy atom. The molecule has 0 bridgehead atoms. The summed E-state index contributed by atoms with van der Waals surface area (Å²) >= 11 is 2.03. The van der Waals surface area contributed by atoms with E-state index < -0.39 is 0 Å². The molecule has 0 amide bonds. The zero-order valence-corrected chi connectivity index (χ0v) is 10.4. The molecule has 0 unspecified atom stereocenters. The van der Waals surface area contributed by atoms with Crippen molar-refractivity contribution >= 4 is 11.8 Å². The molecule has 0 aliphatic heterocycles. The van der Waals surface area contributed by atoms with Crippen LogP contribution >= 0.6 is 11.8 Å². The summed E-state index contributed by atoms with van der Waals surface area (Å²) in [6, 6.07) is 9.09. The van der Waals surface area contributed by atoms with Gasteiger partial charge >= 0.3 is 0 Å². The largest absolute Gasteiger partial charge is 0.325 e. The highest BCUT2D eigenvalue weighted by atomic mass is 32.2. The minimum atomic E-state index is 0.196. The first kappa shape index (κ1) is 10.7. The van der Waals surface area contributed by atoms with Gasteiger partial charge in [0.1, 0.15) is 0 Å². The lowest BCUT2D eigenvalue weighted by Crippen LogP contribution is -2.22. The smallest absolute Gasteiger partial charge is 0.0158 e. The summed E-state index contributed by atoms with van der Waals surface area (Å²) in [6.07, 6.45) is 7.56. The second-order valence-electron chi connectivity index (χ2n) is 5.32. The van der Waals surface area contributed by atoms with E-state index in [0.717, 1.165) is 18.1 Å². The van der Waals surface area contributed by atoms with Crippen molar-refractivity contribution < 1.29 is 0 Å². The Kier molecular flexibility index (Phi) is 2.72. The van der Waals surface area contributed by atoms with E-state index in [4.69, 9.17) is 5.73 Å². The van der Waals surface area contributed by atoms with Crippen LogP contribution in [-0.2, 0) is 6.42 Å². The first-order chi connectivity index (χ1) is 7.73. The minimum absolute atomic E-state index is 0.196. The Morgan fingerprint density at radius 2 is 1.88 bits per heavy atom. The highest BCUT2D eigenvalue weighted by Crippen LogP contribution is 2.39. The lowest BCUT2D eigenvalue weighted by atomic mass is 10.0. The van der Waals surface area contributed by atoms with Gasteiger partial charge in [-0.2, -0.15) is 0 Å². The molecule has 1 nitrogen and oxygen atoms in total. The maximum Gasteiger partial charge on any atom is 0.0158 e. The van der Waals surface area contributed by atoms with Crippen molar-refractivity contribution in [2.75, 3.05) is 0 Å². The molecule has 2 aliphatic carbocycles. The molecule has 16 heavy (non-hydrogen) atoms. The molecule has 1 aromatic rings. The number of rotatable bonds is 5. The Morgan fingerprint density at radius 3 is 2.44 bits per heavy atom. The van der Waals surface area contributed by atoms with Gasteiger partial charge in [-0.1, -0.05) is 12.1 Å². The molecule has 0 aromatic heterocycles. The average molecular weight is 233 g/mol. The van der Waals surface area contributed by atoms with Gasteiger partial charge in [-0.3, -0.25) is 0 Å². The topological polar surface area (TPSA) is 26.0 Å². The summed E-state index contributed by atoms with van der Waals surface area (Å²) in [7, 11) is 0. The molecular weight excluding hydrogens is 214 g/mol. The first-order valence-corrected chi connectivity index (χ1v) is 7.16. The van der Waals surface area contributed by atoms with Crippen molar-refractivity contribution in [3.05, 3.63) is 29.8 Å². The SMILES string of the molecule is NC1(CCc2ccc(SC3CC3)cc2)CC1. The van der Waals surface area contributed by atoms with Gasteiger partial charge in [0, 0.05) is 15.7 Å². The maximum atomic E-state index is 6.09. The van der Waals surface area contributed by atoms with Crippen molar-refractivity contribution in [1.29, 1.82) is 0 Å². The molecule has 0 atom stereocenters. The fraction of sp³-hybridized carbons (Fsp3) is 0.571. The van der Waals surface area contributed by atoms with Crippen LogP contribution in [0.25, 0.3) is 0 Å². The predicted octanol–water partition coefficient (Wildman–Crippen LogP) is 3.37. The van der Waals surface area contributed by atoms with Gasteiger partial charge in [-0.25, -0.2) is 0 Å². The lowest BCUT2D eigenvalue weighted by Gasteiger charge is -2.08. The number of hydrogen-bond donors (Lipinski definition) is 1. The highest BCUT2D eigenvalue weighted by molar-refractivity contribution is 8.00. The number of hydrogen-bond acceptors (Lipinski definition) is 2. The van der Waals surface area contributed by atoms with Crippen molar-refractivity contribution in [3.8, 4) is 0 Å². The molecule has 0 radical (unpaired) electrons. The number of benzene rings is 1. The Bertz CT molecular complexity index is 363. The first-order valence-electron chi connectivity index (χ1n) is 6.28. The molecule has 0 heterocycles. The van der Waals surface area contributed by atoms with Crippen LogP contribution in [0.2, 0.25) is 0 Å². The standard InChI is InChI=1S/C14H19NS/c15-14(9-10-14)8-7-11-1-3-12(4-2-11)16-13-5-6-13/h1-4,13H,5-10,15H2. The number of thioether (sulfide) groups is 1. The molecule has 2 heteroatoms. The fourth-order valence-corrected chi connectivity index (χ4v) is 2.97. The van der Waals surface area contributed by atoms with Crippen LogP contribution in [0.15, 0.2) is 29.2 Å². The van der Waals surface area contributed by atoms with Crippen LogP contribution in [0.4, 0.5) is 0 Å². The molecule has 2 aliphatic rings. The molecule has 0 spiro atoms. The van der Waals surface area contributed by atoms with E-state index in [0.29, 0.717) is 0 Å². The summed E-state index contributed by atoms with van der Waals surface area (Å²) < 4.78 is 0. The van der Waals surface area contributed by atoms with Crippen molar-refractivity contribution in [3.63, 3.8) is 0 Å². The van der Waals surface area contributed by atoms with Gasteiger partial charge in [0.2, 0.25) is 0 Å². The van der Waals surface area contributed by atoms with Crippen LogP contribution in [-0.4, -0.2) is 10.8 Å². The second kappa shape index (κ2) is 4.08. The highest BCUT2D eigenvalue weighted by Gasteiger charge is 2.37. The molecule has 2 saturated carbocycles. The summed E-state index contributed by atoms with van der Waals surface area (Å²) in [5, 5.41) is 0.907. The van der Waals surface area contributed by atoms with Gasteiger partial charge in [0.25, 0.3) is 0 Å². The third kappa shape index (κ3) is 2.80. The average Bonchev–Trinajstić information content (AvgIpc) is 3.18. The van der Waals surface area contributed by atoms with Crippen LogP contribution in [0, 0.1) is 0 Å². The lowest BCUT2D eigenvalue weighted by molar-refractivity contribution is 0.609. The van der Waals surface area contributed by atoms with Crippen molar-refractivity contribution in [1.82, 2.24) is 0 Å². The van der Waals surface area contributed by atoms with E-state index >= 15 is 0 Å². The quantitative estimate of drug-likeness (QED) is 0.844. The van der Waals surface area contributed by atoms with Gasteiger partial charge < -0.3 is 5.73 Å². The minimum Gasteiger partial charge on any atom is -0.325 e. The molecule has 0 saturated heterocycles. The summed E-state index contributed by atoms with van der Waals surface area (Å²) in [5.74, 6) is 0. The van der Waals surface area contributed by atoms with E-state index in [1.165, 1.54) is 36.1 Å². The zero-order valence-electron chi connectivity index (χ0n) is 9.61. The van der Waals surface area contributed by atoms with Crippen LogP contribution in [0.5, 0.6) is 0 Å². The molecule has 2 fully saturated rings. The third-order valence-corrected chi connectivity index (χ3v) is 4.90. The van der Waals surface area contributed by atoms with E-state index in [1.807, 2.05) is 11.8 Å². The summed E-state index contributed by atoms with van der Waals surface area (Å²) in [4.78, 5) is 1.43. The van der Waals surface area contributed by atoms with E-state index in [9.17, 15) is 0 Å². The van der Waals surface area contributed by atoms with Crippen LogP contribution < -0.4 is 5.73 Å². The fourth-order valence-electron chi connectivity index (χ4n) is 1.92. The van der Waals surface area contributed by atoms with Crippen LogP contribution in [0.1, 0.15) is 37.7 Å². The Balaban J connectivity index is 1.54. The van der Waals surface area contributed by atoms with Gasteiger partial charge in [-0.15, -0.1) is 11.8 Å². The monoisotopic (exact) mass is 233 g/mol. The normalized spacial score (nSPS) is 22.1. The van der Waals surface area contributed by atoms with Crippen molar-refractivity contribution in [2.24, 2.45) is 5.73 Å². The van der Waals surface area contributed by atoms with E-state index in [1.54, 1.807) is 0 Å². The number of aryl methyl sites for hydroxylation is 1. The van der Waals surface area contributed by atoms with Crippen molar-refractivity contribution in [2.45, 2.75) is 54.2 Å². The molecular formula is C14H19NS. The third-order valence-electron chi connectivity index (χ3n) is 3.55. The maximum absolute atomic E-state index is 6.09. The molecule has 3 rings (SSSR count). The second-order valence-corrected chi connectivity index (χ2v) is 6.70.